The van der Waals surface area contributed by atoms with Crippen molar-refractivity contribution in [3.8, 4) is 0 Å². The number of rotatable bonds is 6. The number of piperidine rings is 1. The molecule has 136 valence electrons. The molecule has 0 atom stereocenters. The molecule has 1 aromatic rings. The van der Waals surface area contributed by atoms with Gasteiger partial charge in [-0.25, -0.2) is 0 Å². The third-order valence-corrected chi connectivity index (χ3v) is 5.90. The van der Waals surface area contributed by atoms with Crippen molar-refractivity contribution >= 4 is 23.6 Å². The van der Waals surface area contributed by atoms with Crippen molar-refractivity contribution in [1.82, 2.24) is 15.1 Å². The van der Waals surface area contributed by atoms with Crippen molar-refractivity contribution in [1.29, 1.82) is 0 Å². The second-order valence-corrected chi connectivity index (χ2v) is 8.08. The first kappa shape index (κ1) is 18.3. The molecule has 25 heavy (non-hydrogen) atoms. The van der Waals surface area contributed by atoms with Gasteiger partial charge in [-0.3, -0.25) is 14.5 Å². The minimum Gasteiger partial charge on any atom is -0.350 e. The van der Waals surface area contributed by atoms with Gasteiger partial charge in [0.25, 0.3) is 0 Å². The summed E-state index contributed by atoms with van der Waals surface area (Å²) >= 11 is 1.55. The Morgan fingerprint density at radius 3 is 2.52 bits per heavy atom. The highest BCUT2D eigenvalue weighted by Crippen LogP contribution is 2.18. The summed E-state index contributed by atoms with van der Waals surface area (Å²) in [4.78, 5) is 27.6. The molecule has 0 saturated carbocycles. The molecule has 2 saturated heterocycles. The van der Waals surface area contributed by atoms with E-state index in [1.165, 1.54) is 31.5 Å². The predicted molar refractivity (Wildman–Crippen MR) is 101 cm³/mol. The highest BCUT2D eigenvalue weighted by atomic mass is 32.2. The summed E-state index contributed by atoms with van der Waals surface area (Å²) in [6.07, 6.45) is 2.59. The first-order valence-electron chi connectivity index (χ1n) is 9.02. The zero-order valence-corrected chi connectivity index (χ0v) is 15.7. The average molecular weight is 362 g/mol. The van der Waals surface area contributed by atoms with Crippen LogP contribution in [-0.4, -0.2) is 52.9 Å². The summed E-state index contributed by atoms with van der Waals surface area (Å²) in [6.45, 7) is 6.39. The largest absolute Gasteiger partial charge is 0.350 e. The molecule has 6 heteroatoms. The van der Waals surface area contributed by atoms with E-state index < -0.39 is 0 Å². The van der Waals surface area contributed by atoms with Gasteiger partial charge in [-0.1, -0.05) is 31.2 Å². The van der Waals surface area contributed by atoms with Gasteiger partial charge in [-0.2, -0.15) is 0 Å². The number of amides is 2. The Morgan fingerprint density at radius 1 is 1.20 bits per heavy atom. The fourth-order valence-corrected chi connectivity index (χ4v) is 4.12. The molecule has 0 aromatic heterocycles. The predicted octanol–water partition coefficient (Wildman–Crippen LogP) is 2.07. The first-order chi connectivity index (χ1) is 12.1. The Labute approximate surface area is 154 Å². The zero-order valence-electron chi connectivity index (χ0n) is 14.9. The maximum absolute atomic E-state index is 12.0. The van der Waals surface area contributed by atoms with Crippen molar-refractivity contribution < 1.29 is 9.59 Å². The van der Waals surface area contributed by atoms with Gasteiger partial charge in [-0.05, 0) is 43.0 Å². The summed E-state index contributed by atoms with van der Waals surface area (Å²) in [7, 11) is 0. The molecule has 1 aromatic carbocycles. The van der Waals surface area contributed by atoms with Gasteiger partial charge in [0.1, 0.15) is 6.54 Å². The van der Waals surface area contributed by atoms with Crippen LogP contribution in [0, 0.1) is 5.92 Å². The van der Waals surface area contributed by atoms with Crippen LogP contribution >= 0.6 is 11.8 Å². The third kappa shape index (κ3) is 5.47. The number of nitrogens with one attached hydrogen (secondary N) is 1. The summed E-state index contributed by atoms with van der Waals surface area (Å²) < 4.78 is 0. The van der Waals surface area contributed by atoms with Crippen LogP contribution in [-0.2, 0) is 22.7 Å². The molecule has 2 aliphatic rings. The van der Waals surface area contributed by atoms with Gasteiger partial charge in [0, 0.05) is 13.1 Å². The number of carbonyl (C=O) groups is 2. The lowest BCUT2D eigenvalue weighted by Gasteiger charge is -2.30. The molecular formula is C19H27N3O2S. The summed E-state index contributed by atoms with van der Waals surface area (Å²) in [5, 5.41) is 2.90. The van der Waals surface area contributed by atoms with Crippen LogP contribution in [0.15, 0.2) is 24.3 Å². The normalized spacial score (nSPS) is 19.4. The second kappa shape index (κ2) is 8.72. The zero-order chi connectivity index (χ0) is 17.6. The lowest BCUT2D eigenvalue weighted by atomic mass is 9.99. The van der Waals surface area contributed by atoms with Gasteiger partial charge in [0.05, 0.1) is 11.6 Å². The van der Waals surface area contributed by atoms with Crippen LogP contribution < -0.4 is 5.32 Å². The maximum atomic E-state index is 12.0. The monoisotopic (exact) mass is 361 g/mol. The van der Waals surface area contributed by atoms with E-state index in [9.17, 15) is 9.59 Å². The smallest absolute Gasteiger partial charge is 0.239 e. The molecule has 0 spiro atoms. The van der Waals surface area contributed by atoms with Gasteiger partial charge >= 0.3 is 0 Å². The average Bonchev–Trinajstić information content (AvgIpc) is 3.01. The standard InChI is InChI=1S/C19H27N3O2S/c1-15-6-8-21(9-7-15)11-17-4-2-16(3-5-17)10-20-18(23)12-22-14-25-13-19(22)24/h2-5,15H,6-14H2,1H3,(H,20,23). The number of thioether (sulfide) groups is 1. The number of carbonyl (C=O) groups excluding carboxylic acids is 2. The van der Waals surface area contributed by atoms with E-state index in [4.69, 9.17) is 0 Å². The van der Waals surface area contributed by atoms with Gasteiger partial charge < -0.3 is 10.2 Å². The molecule has 5 nitrogen and oxygen atoms in total. The number of likely N-dealkylation sites (tertiary alicyclic amines) is 1. The Kier molecular flexibility index (Phi) is 6.37. The molecular weight excluding hydrogens is 334 g/mol. The fourth-order valence-electron chi connectivity index (χ4n) is 3.21. The quantitative estimate of drug-likeness (QED) is 0.843. The molecule has 0 unspecified atom stereocenters. The molecule has 1 N–H and O–H groups in total. The van der Waals surface area contributed by atoms with Crippen molar-refractivity contribution in [3.63, 3.8) is 0 Å². The van der Waals surface area contributed by atoms with Crippen molar-refractivity contribution in [2.75, 3.05) is 31.3 Å². The SMILES string of the molecule is CC1CCN(Cc2ccc(CNC(=O)CN3CSCC3=O)cc2)CC1. The summed E-state index contributed by atoms with van der Waals surface area (Å²) in [5.74, 6) is 1.93. The van der Waals surface area contributed by atoms with E-state index in [0.717, 1.165) is 18.0 Å². The Bertz CT molecular complexity index is 597. The number of hydrogen-bond acceptors (Lipinski definition) is 4. The van der Waals surface area contributed by atoms with E-state index in [1.54, 1.807) is 16.7 Å². The Hall–Kier alpha value is -1.53. The number of hydrogen-bond donors (Lipinski definition) is 1. The van der Waals surface area contributed by atoms with Crippen molar-refractivity contribution in [2.45, 2.75) is 32.9 Å². The van der Waals surface area contributed by atoms with Crippen LogP contribution in [0.25, 0.3) is 0 Å². The van der Waals surface area contributed by atoms with E-state index in [2.05, 4.69) is 41.4 Å². The fraction of sp³-hybridized carbons (Fsp3) is 0.579. The maximum Gasteiger partial charge on any atom is 0.239 e. The molecule has 2 heterocycles. The van der Waals surface area contributed by atoms with E-state index in [-0.39, 0.29) is 18.4 Å². The third-order valence-electron chi connectivity index (χ3n) is 4.95. The topological polar surface area (TPSA) is 52.7 Å². The van der Waals surface area contributed by atoms with Crippen molar-refractivity contribution in [3.05, 3.63) is 35.4 Å². The molecule has 0 radical (unpaired) electrons. The lowest BCUT2D eigenvalue weighted by molar-refractivity contribution is -0.132. The number of nitrogens with zero attached hydrogens (tertiary/aromatic N) is 2. The highest BCUT2D eigenvalue weighted by molar-refractivity contribution is 8.00. The molecule has 2 amide bonds. The Morgan fingerprint density at radius 2 is 1.88 bits per heavy atom. The van der Waals surface area contributed by atoms with Crippen LogP contribution in [0.5, 0.6) is 0 Å². The van der Waals surface area contributed by atoms with Gasteiger partial charge in [0.15, 0.2) is 0 Å². The minimum absolute atomic E-state index is 0.0524. The Balaban J connectivity index is 1.41. The number of benzene rings is 1. The van der Waals surface area contributed by atoms with Crippen LogP contribution in [0.4, 0.5) is 0 Å². The first-order valence-corrected chi connectivity index (χ1v) is 10.2. The molecule has 0 aliphatic carbocycles. The molecule has 2 fully saturated rings. The van der Waals surface area contributed by atoms with E-state index >= 15 is 0 Å². The van der Waals surface area contributed by atoms with Gasteiger partial charge in [0.2, 0.25) is 11.8 Å². The molecule has 0 bridgehead atoms. The summed E-state index contributed by atoms with van der Waals surface area (Å²) in [5.41, 5.74) is 2.41. The van der Waals surface area contributed by atoms with E-state index in [0.29, 0.717) is 18.2 Å². The second-order valence-electron chi connectivity index (χ2n) is 7.12. The summed E-state index contributed by atoms with van der Waals surface area (Å²) in [6, 6.07) is 8.47. The lowest BCUT2D eigenvalue weighted by Crippen LogP contribution is -2.37. The van der Waals surface area contributed by atoms with Gasteiger partial charge in [-0.15, -0.1) is 11.8 Å². The minimum atomic E-state index is -0.0950. The van der Waals surface area contributed by atoms with Crippen LogP contribution in [0.2, 0.25) is 0 Å². The molecule has 2 aliphatic heterocycles. The van der Waals surface area contributed by atoms with Crippen LogP contribution in [0.3, 0.4) is 0 Å². The highest BCUT2D eigenvalue weighted by Gasteiger charge is 2.22. The van der Waals surface area contributed by atoms with E-state index in [1.807, 2.05) is 0 Å². The van der Waals surface area contributed by atoms with Crippen molar-refractivity contribution in [2.24, 2.45) is 5.92 Å². The molecule has 3 rings (SSSR count). The van der Waals surface area contributed by atoms with Crippen LogP contribution in [0.1, 0.15) is 30.9 Å².